The minimum atomic E-state index is -0.244. The fraction of sp³-hybridized carbons (Fsp3) is 0.316. The Morgan fingerprint density at radius 3 is 2.48 bits per heavy atom. The maximum Gasteiger partial charge on any atom is 0.325 e. The van der Waals surface area contributed by atoms with Gasteiger partial charge in [-0.3, -0.25) is 9.69 Å². The summed E-state index contributed by atoms with van der Waals surface area (Å²) in [6, 6.07) is 17.8. The van der Waals surface area contributed by atoms with E-state index in [9.17, 15) is 4.79 Å². The molecule has 0 saturated carbocycles. The van der Waals surface area contributed by atoms with Crippen LogP contribution in [0.5, 0.6) is 5.75 Å². The second kappa shape index (κ2) is 6.84. The summed E-state index contributed by atoms with van der Waals surface area (Å²) in [5, 5.41) is 0. The third-order valence-electron chi connectivity index (χ3n) is 4.12. The standard InChI is InChI=1S/C19H21NO3/c1-3-23-19(21)18-17(15-11-7-8-12-16(15)22-2)20(18)13-14-9-5-4-6-10-14/h4-12,17-18H,3,13H2,1-2H3. The van der Waals surface area contributed by atoms with Crippen LogP contribution < -0.4 is 4.74 Å². The van der Waals surface area contributed by atoms with Crippen LogP contribution in [0.4, 0.5) is 0 Å². The highest BCUT2D eigenvalue weighted by Gasteiger charge is 2.55. The molecule has 0 N–H and O–H groups in total. The summed E-state index contributed by atoms with van der Waals surface area (Å²) in [6.07, 6.45) is 0. The van der Waals surface area contributed by atoms with Crippen LogP contribution in [-0.4, -0.2) is 30.6 Å². The first-order valence-electron chi connectivity index (χ1n) is 7.85. The van der Waals surface area contributed by atoms with E-state index < -0.39 is 0 Å². The van der Waals surface area contributed by atoms with Crippen molar-refractivity contribution in [1.29, 1.82) is 0 Å². The molecule has 0 radical (unpaired) electrons. The first-order chi connectivity index (χ1) is 11.3. The normalized spacial score (nSPS) is 22.4. The second-order valence-electron chi connectivity index (χ2n) is 5.54. The van der Waals surface area contributed by atoms with Gasteiger partial charge < -0.3 is 9.47 Å². The van der Waals surface area contributed by atoms with Gasteiger partial charge in [0.25, 0.3) is 0 Å². The number of benzene rings is 2. The second-order valence-corrected chi connectivity index (χ2v) is 5.54. The van der Waals surface area contributed by atoms with Crippen LogP contribution in [0.2, 0.25) is 0 Å². The lowest BCUT2D eigenvalue weighted by atomic mass is 10.1. The predicted molar refractivity (Wildman–Crippen MR) is 88.1 cm³/mol. The van der Waals surface area contributed by atoms with Crippen molar-refractivity contribution in [2.24, 2.45) is 0 Å². The molecular weight excluding hydrogens is 290 g/mol. The fourth-order valence-corrected chi connectivity index (χ4v) is 3.02. The largest absolute Gasteiger partial charge is 0.496 e. The Kier molecular flexibility index (Phi) is 4.63. The summed E-state index contributed by atoms with van der Waals surface area (Å²) in [5.74, 6) is 0.640. The fourth-order valence-electron chi connectivity index (χ4n) is 3.02. The Balaban J connectivity index is 1.85. The first kappa shape index (κ1) is 15.6. The van der Waals surface area contributed by atoms with Crippen molar-refractivity contribution >= 4 is 5.97 Å². The molecule has 23 heavy (non-hydrogen) atoms. The number of hydrogen-bond donors (Lipinski definition) is 0. The molecule has 2 aromatic carbocycles. The number of carbonyl (C=O) groups excluding carboxylic acids is 1. The SMILES string of the molecule is CCOC(=O)C1C(c2ccccc2OC)N1Cc1ccccc1. The van der Waals surface area contributed by atoms with E-state index >= 15 is 0 Å². The van der Waals surface area contributed by atoms with Crippen LogP contribution >= 0.6 is 0 Å². The Labute approximate surface area is 136 Å². The monoisotopic (exact) mass is 311 g/mol. The number of esters is 1. The molecule has 3 rings (SSSR count). The molecular formula is C19H21NO3. The zero-order chi connectivity index (χ0) is 16.2. The average molecular weight is 311 g/mol. The van der Waals surface area contributed by atoms with Gasteiger partial charge in [-0.2, -0.15) is 0 Å². The van der Waals surface area contributed by atoms with Crippen LogP contribution in [0.15, 0.2) is 54.6 Å². The highest BCUT2D eigenvalue weighted by atomic mass is 16.5. The van der Waals surface area contributed by atoms with Crippen molar-refractivity contribution in [3.05, 3.63) is 65.7 Å². The van der Waals surface area contributed by atoms with Gasteiger partial charge in [-0.05, 0) is 18.6 Å². The minimum Gasteiger partial charge on any atom is -0.496 e. The van der Waals surface area contributed by atoms with Gasteiger partial charge in [-0.15, -0.1) is 0 Å². The smallest absolute Gasteiger partial charge is 0.325 e. The molecule has 1 saturated heterocycles. The highest BCUT2D eigenvalue weighted by molar-refractivity contribution is 5.81. The number of hydrogen-bond acceptors (Lipinski definition) is 4. The van der Waals surface area contributed by atoms with Gasteiger partial charge in [0.2, 0.25) is 0 Å². The molecule has 1 fully saturated rings. The molecule has 3 unspecified atom stereocenters. The van der Waals surface area contributed by atoms with Crippen molar-refractivity contribution in [1.82, 2.24) is 4.90 Å². The molecule has 0 spiro atoms. The van der Waals surface area contributed by atoms with E-state index in [0.717, 1.165) is 11.3 Å². The van der Waals surface area contributed by atoms with Gasteiger partial charge in [0.1, 0.15) is 11.8 Å². The van der Waals surface area contributed by atoms with Crippen LogP contribution in [0.3, 0.4) is 0 Å². The number of para-hydroxylation sites is 1. The van der Waals surface area contributed by atoms with E-state index in [4.69, 9.17) is 9.47 Å². The molecule has 3 atom stereocenters. The van der Waals surface area contributed by atoms with Gasteiger partial charge in [0.15, 0.2) is 0 Å². The highest BCUT2D eigenvalue weighted by Crippen LogP contribution is 2.47. The van der Waals surface area contributed by atoms with E-state index in [2.05, 4.69) is 17.0 Å². The van der Waals surface area contributed by atoms with Gasteiger partial charge in [0.05, 0.1) is 19.8 Å². The van der Waals surface area contributed by atoms with Crippen molar-refractivity contribution in [2.45, 2.75) is 25.6 Å². The molecule has 1 aliphatic heterocycles. The Morgan fingerprint density at radius 1 is 1.09 bits per heavy atom. The maximum absolute atomic E-state index is 12.3. The number of nitrogens with zero attached hydrogens (tertiary/aromatic N) is 1. The van der Waals surface area contributed by atoms with Crippen molar-refractivity contribution < 1.29 is 14.3 Å². The molecule has 2 aromatic rings. The van der Waals surface area contributed by atoms with Crippen molar-refractivity contribution in [3.8, 4) is 5.75 Å². The zero-order valence-electron chi connectivity index (χ0n) is 13.4. The molecule has 0 aromatic heterocycles. The Bertz CT molecular complexity index is 671. The molecule has 120 valence electrons. The van der Waals surface area contributed by atoms with E-state index in [1.54, 1.807) is 7.11 Å². The lowest BCUT2D eigenvalue weighted by Crippen LogP contribution is -2.16. The van der Waals surface area contributed by atoms with Crippen LogP contribution in [0.25, 0.3) is 0 Å². The molecule has 0 amide bonds. The Morgan fingerprint density at radius 2 is 1.78 bits per heavy atom. The molecule has 0 bridgehead atoms. The van der Waals surface area contributed by atoms with E-state index in [1.165, 1.54) is 5.56 Å². The lowest BCUT2D eigenvalue weighted by Gasteiger charge is -2.08. The minimum absolute atomic E-state index is 0.00501. The number of ether oxygens (including phenoxy) is 2. The summed E-state index contributed by atoms with van der Waals surface area (Å²) in [5.41, 5.74) is 2.21. The average Bonchev–Trinajstić information content (AvgIpc) is 3.29. The molecule has 4 heteroatoms. The summed E-state index contributed by atoms with van der Waals surface area (Å²) in [6.45, 7) is 2.94. The summed E-state index contributed by atoms with van der Waals surface area (Å²) in [4.78, 5) is 14.4. The molecule has 1 aliphatic rings. The first-order valence-corrected chi connectivity index (χ1v) is 7.85. The van der Waals surface area contributed by atoms with Gasteiger partial charge in [-0.1, -0.05) is 48.5 Å². The summed E-state index contributed by atoms with van der Waals surface area (Å²) < 4.78 is 10.7. The van der Waals surface area contributed by atoms with E-state index in [1.807, 2.05) is 49.4 Å². The van der Waals surface area contributed by atoms with Crippen molar-refractivity contribution in [2.75, 3.05) is 13.7 Å². The van der Waals surface area contributed by atoms with E-state index in [0.29, 0.717) is 13.2 Å². The van der Waals surface area contributed by atoms with Gasteiger partial charge >= 0.3 is 5.97 Å². The third kappa shape index (κ3) is 3.22. The lowest BCUT2D eigenvalue weighted by molar-refractivity contribution is -0.143. The number of methoxy groups -OCH3 is 1. The molecule has 4 nitrogen and oxygen atoms in total. The quantitative estimate of drug-likeness (QED) is 0.607. The summed E-state index contributed by atoms with van der Waals surface area (Å²) >= 11 is 0. The predicted octanol–water partition coefficient (Wildman–Crippen LogP) is 3.18. The topological polar surface area (TPSA) is 38.5 Å². The van der Waals surface area contributed by atoms with Gasteiger partial charge in [0, 0.05) is 12.1 Å². The van der Waals surface area contributed by atoms with Crippen LogP contribution in [0.1, 0.15) is 24.1 Å². The maximum atomic E-state index is 12.3. The van der Waals surface area contributed by atoms with Crippen LogP contribution in [0, 0.1) is 0 Å². The molecule has 1 heterocycles. The third-order valence-corrected chi connectivity index (χ3v) is 4.12. The zero-order valence-corrected chi connectivity index (χ0v) is 13.4. The summed E-state index contributed by atoms with van der Waals surface area (Å²) in [7, 11) is 1.65. The Hall–Kier alpha value is -2.33. The van der Waals surface area contributed by atoms with E-state index in [-0.39, 0.29) is 18.1 Å². The van der Waals surface area contributed by atoms with Crippen LogP contribution in [-0.2, 0) is 16.1 Å². The van der Waals surface area contributed by atoms with Crippen molar-refractivity contribution in [3.63, 3.8) is 0 Å². The van der Waals surface area contributed by atoms with Gasteiger partial charge in [-0.25, -0.2) is 0 Å². The molecule has 0 aliphatic carbocycles. The number of carbonyl (C=O) groups is 1. The number of rotatable bonds is 6.